The second kappa shape index (κ2) is 4.49. The molecule has 0 aliphatic rings. The van der Waals surface area contributed by atoms with Gasteiger partial charge in [0.1, 0.15) is 5.02 Å². The molecule has 1 unspecified atom stereocenters. The predicted molar refractivity (Wildman–Crippen MR) is 63.8 cm³/mol. The molecule has 1 aromatic carbocycles. The van der Waals surface area contributed by atoms with Crippen molar-refractivity contribution in [2.75, 3.05) is 0 Å². The third kappa shape index (κ3) is 1.99. The highest BCUT2D eigenvalue weighted by atomic mass is 35.5. The van der Waals surface area contributed by atoms with Crippen LogP contribution in [0.4, 0.5) is 0 Å². The van der Waals surface area contributed by atoms with Crippen molar-refractivity contribution in [1.29, 1.82) is 0 Å². The quantitative estimate of drug-likeness (QED) is 0.800. The van der Waals surface area contributed by atoms with E-state index in [0.717, 1.165) is 5.56 Å². The fraction of sp³-hybridized carbons (Fsp3) is 0.167. The van der Waals surface area contributed by atoms with Crippen LogP contribution in [0.3, 0.4) is 0 Å². The van der Waals surface area contributed by atoms with Crippen LogP contribution < -0.4 is 5.56 Å². The van der Waals surface area contributed by atoms with Crippen molar-refractivity contribution in [2.24, 2.45) is 0 Å². The maximum atomic E-state index is 11.8. The molecular formula is C12H11ClN2O. The smallest absolute Gasteiger partial charge is 0.266 e. The summed E-state index contributed by atoms with van der Waals surface area (Å²) in [7, 11) is 0. The minimum Gasteiger partial charge on any atom is -0.266 e. The summed E-state index contributed by atoms with van der Waals surface area (Å²) in [6, 6.07) is 11.1. The van der Waals surface area contributed by atoms with Crippen LogP contribution in [0.15, 0.2) is 47.4 Å². The lowest BCUT2D eigenvalue weighted by Gasteiger charge is -2.13. The average Bonchev–Trinajstić information content (AvgIpc) is 2.33. The number of hydrogen-bond acceptors (Lipinski definition) is 2. The van der Waals surface area contributed by atoms with Gasteiger partial charge in [-0.1, -0.05) is 41.9 Å². The van der Waals surface area contributed by atoms with Crippen molar-refractivity contribution in [3.8, 4) is 0 Å². The molecule has 0 bridgehead atoms. The Morgan fingerprint density at radius 1 is 1.25 bits per heavy atom. The highest BCUT2D eigenvalue weighted by Gasteiger charge is 2.11. The molecule has 1 heterocycles. The summed E-state index contributed by atoms with van der Waals surface area (Å²) in [6.07, 6.45) is 1.53. The van der Waals surface area contributed by atoms with E-state index in [-0.39, 0.29) is 16.6 Å². The Morgan fingerprint density at radius 3 is 2.62 bits per heavy atom. The van der Waals surface area contributed by atoms with Gasteiger partial charge >= 0.3 is 0 Å². The van der Waals surface area contributed by atoms with Gasteiger partial charge in [-0.2, -0.15) is 5.10 Å². The molecule has 4 heteroatoms. The van der Waals surface area contributed by atoms with Crippen LogP contribution in [0.1, 0.15) is 18.5 Å². The van der Waals surface area contributed by atoms with Gasteiger partial charge in [-0.05, 0) is 18.6 Å². The average molecular weight is 235 g/mol. The first-order valence-corrected chi connectivity index (χ1v) is 5.36. The van der Waals surface area contributed by atoms with Crippen LogP contribution >= 0.6 is 11.6 Å². The highest BCUT2D eigenvalue weighted by Crippen LogP contribution is 2.14. The lowest BCUT2D eigenvalue weighted by atomic mass is 10.1. The molecule has 0 aliphatic carbocycles. The standard InChI is InChI=1S/C12H11ClN2O/c1-9(10-5-3-2-4-6-10)15-12(16)11(13)7-8-14-15/h2-9H,1H3. The first-order chi connectivity index (χ1) is 7.70. The lowest BCUT2D eigenvalue weighted by Crippen LogP contribution is -2.26. The van der Waals surface area contributed by atoms with Gasteiger partial charge in [-0.3, -0.25) is 4.79 Å². The Hall–Kier alpha value is -1.61. The fourth-order valence-corrected chi connectivity index (χ4v) is 1.70. The molecule has 0 fully saturated rings. The second-order valence-electron chi connectivity index (χ2n) is 3.52. The van der Waals surface area contributed by atoms with Gasteiger partial charge in [0, 0.05) is 6.20 Å². The van der Waals surface area contributed by atoms with E-state index in [1.165, 1.54) is 16.9 Å². The summed E-state index contributed by atoms with van der Waals surface area (Å²) in [5.74, 6) is 0. The minimum atomic E-state index is -0.263. The molecule has 0 aliphatic heterocycles. The Balaban J connectivity index is 2.46. The maximum Gasteiger partial charge on any atom is 0.286 e. The number of halogens is 1. The summed E-state index contributed by atoms with van der Waals surface area (Å²) in [5.41, 5.74) is 0.764. The van der Waals surface area contributed by atoms with Crippen LogP contribution in [-0.2, 0) is 0 Å². The van der Waals surface area contributed by atoms with Gasteiger partial charge in [0.05, 0.1) is 6.04 Å². The molecule has 16 heavy (non-hydrogen) atoms. The molecule has 82 valence electrons. The minimum absolute atomic E-state index is 0.118. The van der Waals surface area contributed by atoms with E-state index in [9.17, 15) is 4.79 Å². The van der Waals surface area contributed by atoms with Gasteiger partial charge < -0.3 is 0 Å². The molecule has 0 saturated carbocycles. The van der Waals surface area contributed by atoms with Gasteiger partial charge in [-0.15, -0.1) is 0 Å². The summed E-state index contributed by atoms with van der Waals surface area (Å²) < 4.78 is 1.39. The van der Waals surface area contributed by atoms with Gasteiger partial charge in [0.25, 0.3) is 5.56 Å². The molecule has 0 spiro atoms. The maximum absolute atomic E-state index is 11.8. The van der Waals surface area contributed by atoms with Crippen LogP contribution in [-0.4, -0.2) is 9.78 Å². The number of aromatic nitrogens is 2. The van der Waals surface area contributed by atoms with Crippen molar-refractivity contribution in [2.45, 2.75) is 13.0 Å². The molecule has 0 radical (unpaired) electrons. The van der Waals surface area contributed by atoms with E-state index in [2.05, 4.69) is 5.10 Å². The summed E-state index contributed by atoms with van der Waals surface area (Å²) >= 11 is 5.77. The van der Waals surface area contributed by atoms with Gasteiger partial charge in [-0.25, -0.2) is 4.68 Å². The fourth-order valence-electron chi connectivity index (χ4n) is 1.55. The van der Waals surface area contributed by atoms with E-state index in [1.807, 2.05) is 37.3 Å². The van der Waals surface area contributed by atoms with Crippen molar-refractivity contribution in [3.05, 3.63) is 63.5 Å². The molecule has 0 saturated heterocycles. The largest absolute Gasteiger partial charge is 0.286 e. The number of nitrogens with zero attached hydrogens (tertiary/aromatic N) is 2. The predicted octanol–water partition coefficient (Wildman–Crippen LogP) is 2.51. The zero-order valence-electron chi connectivity index (χ0n) is 8.80. The third-order valence-corrected chi connectivity index (χ3v) is 2.76. The normalized spacial score (nSPS) is 12.4. The van der Waals surface area contributed by atoms with Crippen molar-refractivity contribution < 1.29 is 0 Å². The molecule has 0 amide bonds. The van der Waals surface area contributed by atoms with E-state index < -0.39 is 0 Å². The summed E-state index contributed by atoms with van der Waals surface area (Å²) in [4.78, 5) is 11.8. The molecular weight excluding hydrogens is 224 g/mol. The Labute approximate surface area is 98.3 Å². The Bertz CT molecular complexity index is 536. The third-order valence-electron chi connectivity index (χ3n) is 2.47. The van der Waals surface area contributed by atoms with Crippen LogP contribution in [0.25, 0.3) is 0 Å². The first kappa shape index (κ1) is 10.9. The highest BCUT2D eigenvalue weighted by molar-refractivity contribution is 6.30. The molecule has 0 N–H and O–H groups in total. The van der Waals surface area contributed by atoms with Crippen molar-refractivity contribution in [3.63, 3.8) is 0 Å². The number of rotatable bonds is 2. The van der Waals surface area contributed by atoms with Gasteiger partial charge in [0.15, 0.2) is 0 Å². The van der Waals surface area contributed by atoms with Crippen molar-refractivity contribution >= 4 is 11.6 Å². The van der Waals surface area contributed by atoms with E-state index in [0.29, 0.717) is 0 Å². The second-order valence-corrected chi connectivity index (χ2v) is 3.92. The topological polar surface area (TPSA) is 34.9 Å². The monoisotopic (exact) mass is 234 g/mol. The molecule has 1 atom stereocenters. The Kier molecular flexibility index (Phi) is 3.06. The zero-order chi connectivity index (χ0) is 11.5. The van der Waals surface area contributed by atoms with E-state index >= 15 is 0 Å². The zero-order valence-corrected chi connectivity index (χ0v) is 9.56. The first-order valence-electron chi connectivity index (χ1n) is 4.98. The van der Waals surface area contributed by atoms with Crippen molar-refractivity contribution in [1.82, 2.24) is 9.78 Å². The molecule has 2 aromatic rings. The molecule has 1 aromatic heterocycles. The number of benzene rings is 1. The SMILES string of the molecule is CC(c1ccccc1)n1nccc(Cl)c1=O. The van der Waals surface area contributed by atoms with Crippen LogP contribution in [0.5, 0.6) is 0 Å². The summed E-state index contributed by atoms with van der Waals surface area (Å²) in [5, 5.41) is 4.23. The van der Waals surface area contributed by atoms with Gasteiger partial charge in [0.2, 0.25) is 0 Å². The van der Waals surface area contributed by atoms with E-state index in [1.54, 1.807) is 0 Å². The van der Waals surface area contributed by atoms with Crippen LogP contribution in [0, 0.1) is 0 Å². The van der Waals surface area contributed by atoms with Crippen LogP contribution in [0.2, 0.25) is 5.02 Å². The summed E-state index contributed by atoms with van der Waals surface area (Å²) in [6.45, 7) is 1.92. The Morgan fingerprint density at radius 2 is 1.94 bits per heavy atom. The lowest BCUT2D eigenvalue weighted by molar-refractivity contribution is 0.531. The molecule has 2 rings (SSSR count). The number of hydrogen-bond donors (Lipinski definition) is 0. The van der Waals surface area contributed by atoms with E-state index in [4.69, 9.17) is 11.6 Å². The molecule has 3 nitrogen and oxygen atoms in total.